The number of amides is 1. The summed E-state index contributed by atoms with van der Waals surface area (Å²) in [5.41, 5.74) is 0.983. The van der Waals surface area contributed by atoms with E-state index in [1.54, 1.807) is 0 Å². The lowest BCUT2D eigenvalue weighted by molar-refractivity contribution is -0.121. The fourth-order valence-corrected chi connectivity index (χ4v) is 3.23. The van der Waals surface area contributed by atoms with Gasteiger partial charge in [0.1, 0.15) is 0 Å². The Morgan fingerprint density at radius 3 is 2.71 bits per heavy atom. The predicted octanol–water partition coefficient (Wildman–Crippen LogP) is 3.33. The molecule has 2 N–H and O–H groups in total. The Labute approximate surface area is 131 Å². The number of aliphatic hydroxyl groups excluding tert-OH is 1. The van der Waals surface area contributed by atoms with Crippen LogP contribution in [0.1, 0.15) is 44.1 Å². The minimum Gasteiger partial charge on any atom is -0.396 e. The third kappa shape index (κ3) is 5.01. The van der Waals surface area contributed by atoms with Gasteiger partial charge in [0.2, 0.25) is 5.91 Å². The molecule has 4 heteroatoms. The van der Waals surface area contributed by atoms with Crippen LogP contribution in [0.4, 0.5) is 0 Å². The normalized spacial score (nSPS) is 17.4. The largest absolute Gasteiger partial charge is 0.396 e. The van der Waals surface area contributed by atoms with Crippen LogP contribution in [-0.2, 0) is 11.2 Å². The monoisotopic (exact) mass is 309 g/mol. The molecule has 21 heavy (non-hydrogen) atoms. The number of nitrogens with one attached hydrogen (secondary N) is 1. The molecule has 1 fully saturated rings. The lowest BCUT2D eigenvalue weighted by atomic mass is 9.74. The highest BCUT2D eigenvalue weighted by Gasteiger charge is 2.31. The van der Waals surface area contributed by atoms with Crippen LogP contribution in [0.25, 0.3) is 0 Å². The quantitative estimate of drug-likeness (QED) is 0.847. The third-order valence-electron chi connectivity index (χ3n) is 4.44. The van der Waals surface area contributed by atoms with Crippen LogP contribution >= 0.6 is 11.6 Å². The fourth-order valence-electron chi connectivity index (χ4n) is 3.02. The van der Waals surface area contributed by atoms with Crippen molar-refractivity contribution >= 4 is 17.5 Å². The molecule has 1 saturated carbocycles. The molecule has 1 amide bonds. The van der Waals surface area contributed by atoms with Crippen LogP contribution in [0, 0.1) is 5.41 Å². The maximum atomic E-state index is 12.0. The average molecular weight is 310 g/mol. The molecule has 3 nitrogen and oxygen atoms in total. The van der Waals surface area contributed by atoms with Gasteiger partial charge in [0.05, 0.1) is 6.61 Å². The highest BCUT2D eigenvalue weighted by molar-refractivity contribution is 6.30. The minimum atomic E-state index is -0.0933. The van der Waals surface area contributed by atoms with Gasteiger partial charge in [0.25, 0.3) is 0 Å². The van der Waals surface area contributed by atoms with E-state index < -0.39 is 0 Å². The summed E-state index contributed by atoms with van der Waals surface area (Å²) in [6, 6.07) is 7.61. The summed E-state index contributed by atoms with van der Waals surface area (Å²) in [5, 5.41) is 13.3. The van der Waals surface area contributed by atoms with E-state index in [-0.39, 0.29) is 17.9 Å². The third-order valence-corrected chi connectivity index (χ3v) is 4.68. The first-order chi connectivity index (χ1) is 10.1. The number of aliphatic hydroxyl groups is 1. The van der Waals surface area contributed by atoms with Gasteiger partial charge in [-0.2, -0.15) is 0 Å². The molecule has 0 aromatic heterocycles. The van der Waals surface area contributed by atoms with Gasteiger partial charge in [0.15, 0.2) is 0 Å². The van der Waals surface area contributed by atoms with Crippen LogP contribution in [-0.4, -0.2) is 24.2 Å². The van der Waals surface area contributed by atoms with Gasteiger partial charge in [0, 0.05) is 23.4 Å². The van der Waals surface area contributed by atoms with E-state index in [4.69, 9.17) is 11.6 Å². The molecule has 0 unspecified atom stereocenters. The number of hydrogen-bond donors (Lipinski definition) is 2. The van der Waals surface area contributed by atoms with E-state index in [0.717, 1.165) is 31.2 Å². The number of aryl methyl sites for hydroxylation is 1. The lowest BCUT2D eigenvalue weighted by Crippen LogP contribution is -2.41. The van der Waals surface area contributed by atoms with Gasteiger partial charge in [-0.1, -0.05) is 43.0 Å². The summed E-state index contributed by atoms with van der Waals surface area (Å²) in [5.74, 6) is 0.0494. The summed E-state index contributed by atoms with van der Waals surface area (Å²) >= 11 is 5.93. The van der Waals surface area contributed by atoms with Crippen molar-refractivity contribution in [2.45, 2.75) is 44.9 Å². The summed E-state index contributed by atoms with van der Waals surface area (Å²) in [6.07, 6.45) is 6.72. The molecule has 1 aromatic rings. The Kier molecular flexibility index (Phi) is 6.07. The van der Waals surface area contributed by atoms with Crippen molar-refractivity contribution in [3.05, 3.63) is 34.9 Å². The highest BCUT2D eigenvalue weighted by atomic mass is 35.5. The summed E-state index contributed by atoms with van der Waals surface area (Å²) in [7, 11) is 0. The molecular formula is C17H24ClNO2. The second-order valence-corrected chi connectivity index (χ2v) is 6.56. The van der Waals surface area contributed by atoms with Crippen LogP contribution in [0.15, 0.2) is 24.3 Å². The van der Waals surface area contributed by atoms with Crippen LogP contribution in [0.3, 0.4) is 0 Å². The summed E-state index contributed by atoms with van der Waals surface area (Å²) in [6.45, 7) is 0.763. The van der Waals surface area contributed by atoms with E-state index in [9.17, 15) is 9.90 Å². The molecule has 0 radical (unpaired) electrons. The molecule has 0 atom stereocenters. The van der Waals surface area contributed by atoms with Gasteiger partial charge >= 0.3 is 0 Å². The number of carbonyl (C=O) groups is 1. The van der Waals surface area contributed by atoms with Crippen LogP contribution < -0.4 is 5.32 Å². The number of rotatable bonds is 6. The van der Waals surface area contributed by atoms with Crippen molar-refractivity contribution in [1.29, 1.82) is 0 Å². The number of benzene rings is 1. The Hall–Kier alpha value is -1.06. The summed E-state index contributed by atoms with van der Waals surface area (Å²) < 4.78 is 0. The standard InChI is InChI=1S/C17H24ClNO2/c18-15-6-4-5-14(11-15)7-8-16(21)19-12-17(13-20)9-2-1-3-10-17/h4-6,11,20H,1-3,7-10,12-13H2,(H,19,21). The lowest BCUT2D eigenvalue weighted by Gasteiger charge is -2.35. The fraction of sp³-hybridized carbons (Fsp3) is 0.588. The maximum absolute atomic E-state index is 12.0. The molecular weight excluding hydrogens is 286 g/mol. The van der Waals surface area contributed by atoms with Crippen molar-refractivity contribution in [3.63, 3.8) is 0 Å². The van der Waals surface area contributed by atoms with Gasteiger partial charge < -0.3 is 10.4 Å². The molecule has 116 valence electrons. The molecule has 1 aliphatic carbocycles. The van der Waals surface area contributed by atoms with Crippen molar-refractivity contribution < 1.29 is 9.90 Å². The zero-order chi connectivity index (χ0) is 15.1. The average Bonchev–Trinajstić information content (AvgIpc) is 2.52. The first kappa shape index (κ1) is 16.3. The van der Waals surface area contributed by atoms with Crippen LogP contribution in [0.5, 0.6) is 0 Å². The van der Waals surface area contributed by atoms with Crippen molar-refractivity contribution in [2.24, 2.45) is 5.41 Å². The molecule has 1 aromatic carbocycles. The number of halogens is 1. The Balaban J connectivity index is 1.76. The molecule has 0 spiro atoms. The Morgan fingerprint density at radius 1 is 1.29 bits per heavy atom. The minimum absolute atomic E-state index is 0.0494. The molecule has 0 bridgehead atoms. The highest BCUT2D eigenvalue weighted by Crippen LogP contribution is 2.35. The second kappa shape index (κ2) is 7.81. The summed E-state index contributed by atoms with van der Waals surface area (Å²) in [4.78, 5) is 12.0. The maximum Gasteiger partial charge on any atom is 0.220 e. The molecule has 0 heterocycles. The first-order valence-corrected chi connectivity index (χ1v) is 8.13. The van der Waals surface area contributed by atoms with Crippen molar-refractivity contribution in [2.75, 3.05) is 13.2 Å². The van der Waals surface area contributed by atoms with Crippen molar-refractivity contribution in [3.8, 4) is 0 Å². The predicted molar refractivity (Wildman–Crippen MR) is 85.4 cm³/mol. The molecule has 0 aliphatic heterocycles. The SMILES string of the molecule is O=C(CCc1cccc(Cl)c1)NCC1(CO)CCCCC1. The van der Waals surface area contributed by atoms with E-state index in [1.165, 1.54) is 6.42 Å². The smallest absolute Gasteiger partial charge is 0.220 e. The number of carbonyl (C=O) groups excluding carboxylic acids is 1. The van der Waals surface area contributed by atoms with Gasteiger partial charge in [-0.15, -0.1) is 0 Å². The molecule has 0 saturated heterocycles. The van der Waals surface area contributed by atoms with Gasteiger partial charge in [-0.3, -0.25) is 4.79 Å². The Bertz CT molecular complexity index is 470. The zero-order valence-corrected chi connectivity index (χ0v) is 13.2. The Morgan fingerprint density at radius 2 is 2.05 bits per heavy atom. The first-order valence-electron chi connectivity index (χ1n) is 7.76. The zero-order valence-electron chi connectivity index (χ0n) is 12.4. The second-order valence-electron chi connectivity index (χ2n) is 6.13. The van der Waals surface area contributed by atoms with E-state index in [1.807, 2.05) is 24.3 Å². The van der Waals surface area contributed by atoms with Crippen molar-refractivity contribution in [1.82, 2.24) is 5.32 Å². The van der Waals surface area contributed by atoms with E-state index >= 15 is 0 Å². The topological polar surface area (TPSA) is 49.3 Å². The van der Waals surface area contributed by atoms with Gasteiger partial charge in [-0.05, 0) is 37.0 Å². The van der Waals surface area contributed by atoms with Crippen LogP contribution in [0.2, 0.25) is 5.02 Å². The molecule has 1 aliphatic rings. The van der Waals surface area contributed by atoms with E-state index in [2.05, 4.69) is 5.32 Å². The molecule has 2 rings (SSSR count). The van der Waals surface area contributed by atoms with E-state index in [0.29, 0.717) is 24.4 Å². The van der Waals surface area contributed by atoms with Gasteiger partial charge in [-0.25, -0.2) is 0 Å². The number of hydrogen-bond acceptors (Lipinski definition) is 2.